The zero-order valence-corrected chi connectivity index (χ0v) is 11.8. The van der Waals surface area contributed by atoms with E-state index in [9.17, 15) is 4.39 Å². The Morgan fingerprint density at radius 3 is 2.76 bits per heavy atom. The van der Waals surface area contributed by atoms with Gasteiger partial charge < -0.3 is 4.74 Å². The third-order valence-corrected chi connectivity index (χ3v) is 2.84. The number of rotatable bonds is 3. The van der Waals surface area contributed by atoms with Crippen molar-refractivity contribution in [2.75, 3.05) is 5.88 Å². The fourth-order valence-corrected chi connectivity index (χ4v) is 1.84. The number of hydrogen-bond acceptors (Lipinski definition) is 2. The molecule has 0 spiro atoms. The molecule has 0 fully saturated rings. The minimum atomic E-state index is -0.431. The van der Waals surface area contributed by atoms with Crippen LogP contribution in [0.5, 0.6) is 5.75 Å². The molecule has 0 unspecified atom stereocenters. The Kier molecular flexibility index (Phi) is 5.21. The van der Waals surface area contributed by atoms with Gasteiger partial charge in [0.15, 0.2) is 0 Å². The van der Waals surface area contributed by atoms with Crippen LogP contribution >= 0.6 is 11.6 Å². The van der Waals surface area contributed by atoms with Crippen LogP contribution in [0.25, 0.3) is 0 Å². The predicted molar refractivity (Wildman–Crippen MR) is 79.5 cm³/mol. The maximum atomic E-state index is 13.5. The first-order chi connectivity index (χ1) is 10.2. The molecule has 0 saturated carbocycles. The van der Waals surface area contributed by atoms with Gasteiger partial charge in [-0.1, -0.05) is 30.0 Å². The van der Waals surface area contributed by atoms with Crippen molar-refractivity contribution < 1.29 is 9.13 Å². The van der Waals surface area contributed by atoms with E-state index in [1.807, 2.05) is 6.07 Å². The molecule has 0 radical (unpaired) electrons. The second-order valence-electron chi connectivity index (χ2n) is 4.17. The Hall–Kier alpha value is -2.49. The van der Waals surface area contributed by atoms with Gasteiger partial charge in [-0.25, -0.2) is 4.39 Å². The summed E-state index contributed by atoms with van der Waals surface area (Å²) in [7, 11) is 0. The van der Waals surface area contributed by atoms with E-state index < -0.39 is 5.82 Å². The Morgan fingerprint density at radius 1 is 1.19 bits per heavy atom. The first-order valence-corrected chi connectivity index (χ1v) is 6.72. The molecule has 0 bridgehead atoms. The van der Waals surface area contributed by atoms with Crippen molar-refractivity contribution in [1.82, 2.24) is 0 Å². The number of halogens is 2. The lowest BCUT2D eigenvalue weighted by Gasteiger charge is -2.08. The summed E-state index contributed by atoms with van der Waals surface area (Å²) in [6.45, 7) is 0.190. The largest absolute Gasteiger partial charge is 0.489 e. The Labute approximate surface area is 127 Å². The molecule has 0 heterocycles. The number of nitrogens with zero attached hydrogens (tertiary/aromatic N) is 1. The molecule has 0 saturated heterocycles. The fourth-order valence-electron chi connectivity index (χ4n) is 1.77. The van der Waals surface area contributed by atoms with Crippen LogP contribution in [0.3, 0.4) is 0 Å². The van der Waals surface area contributed by atoms with Gasteiger partial charge in [0.25, 0.3) is 0 Å². The van der Waals surface area contributed by atoms with E-state index >= 15 is 0 Å². The second-order valence-corrected chi connectivity index (χ2v) is 4.44. The zero-order chi connectivity index (χ0) is 15.1. The van der Waals surface area contributed by atoms with Crippen LogP contribution in [0.15, 0.2) is 42.5 Å². The van der Waals surface area contributed by atoms with E-state index in [1.54, 1.807) is 24.3 Å². The molecule has 0 amide bonds. The van der Waals surface area contributed by atoms with Crippen molar-refractivity contribution in [2.45, 2.75) is 6.61 Å². The van der Waals surface area contributed by atoms with Crippen LogP contribution in [-0.4, -0.2) is 5.88 Å². The highest BCUT2D eigenvalue weighted by molar-refractivity contribution is 6.19. The Balaban J connectivity index is 2.17. The van der Waals surface area contributed by atoms with Gasteiger partial charge in [0.2, 0.25) is 0 Å². The van der Waals surface area contributed by atoms with E-state index in [-0.39, 0.29) is 12.5 Å². The Morgan fingerprint density at radius 2 is 2.00 bits per heavy atom. The van der Waals surface area contributed by atoms with Crippen molar-refractivity contribution in [3.05, 3.63) is 65.0 Å². The molecular weight excluding hydrogens is 289 g/mol. The van der Waals surface area contributed by atoms with Gasteiger partial charge in [-0.3, -0.25) is 0 Å². The van der Waals surface area contributed by atoms with Crippen LogP contribution in [0.2, 0.25) is 0 Å². The maximum Gasteiger partial charge on any atom is 0.128 e. The summed E-state index contributed by atoms with van der Waals surface area (Å²) < 4.78 is 19.0. The van der Waals surface area contributed by atoms with Gasteiger partial charge in [0.05, 0.1) is 17.5 Å². The standard InChI is InChI=1S/C17H11ClFNO/c18-7-3-4-13-8-16(19)10-17(9-13)21-12-15-6-2-1-5-14(15)11-20/h1-2,5-6,8-10H,7,12H2. The maximum absolute atomic E-state index is 13.5. The molecule has 0 N–H and O–H groups in total. The number of hydrogen-bond donors (Lipinski definition) is 0. The number of ether oxygens (including phenoxy) is 1. The summed E-state index contributed by atoms with van der Waals surface area (Å²) in [5, 5.41) is 9.00. The molecule has 104 valence electrons. The first-order valence-electron chi connectivity index (χ1n) is 6.19. The summed E-state index contributed by atoms with van der Waals surface area (Å²) in [4.78, 5) is 0. The molecule has 0 aliphatic rings. The lowest BCUT2D eigenvalue weighted by Crippen LogP contribution is -1.98. The predicted octanol–water partition coefficient (Wildman–Crippen LogP) is 3.87. The van der Waals surface area contributed by atoms with Crippen LogP contribution in [0.4, 0.5) is 4.39 Å². The normalized spacial score (nSPS) is 9.38. The van der Waals surface area contributed by atoms with Crippen LogP contribution in [0.1, 0.15) is 16.7 Å². The van der Waals surface area contributed by atoms with Gasteiger partial charge >= 0.3 is 0 Å². The van der Waals surface area contributed by atoms with Crippen LogP contribution in [-0.2, 0) is 6.61 Å². The summed E-state index contributed by atoms with van der Waals surface area (Å²) in [6.07, 6.45) is 0. The SMILES string of the molecule is N#Cc1ccccc1COc1cc(F)cc(C#CCCl)c1. The van der Waals surface area contributed by atoms with Gasteiger partial charge in [-0.15, -0.1) is 11.6 Å². The molecule has 2 rings (SSSR count). The third-order valence-electron chi connectivity index (χ3n) is 2.70. The van der Waals surface area contributed by atoms with E-state index in [0.29, 0.717) is 16.9 Å². The molecular formula is C17H11ClFNO. The van der Waals surface area contributed by atoms with Gasteiger partial charge in [-0.2, -0.15) is 5.26 Å². The average molecular weight is 300 g/mol. The van der Waals surface area contributed by atoms with Gasteiger partial charge in [0.1, 0.15) is 18.2 Å². The molecule has 0 aliphatic heterocycles. The molecule has 4 heteroatoms. The monoisotopic (exact) mass is 299 g/mol. The highest BCUT2D eigenvalue weighted by atomic mass is 35.5. The van der Waals surface area contributed by atoms with Crippen molar-refractivity contribution in [3.63, 3.8) is 0 Å². The third kappa shape index (κ3) is 4.24. The lowest BCUT2D eigenvalue weighted by molar-refractivity contribution is 0.304. The van der Waals surface area contributed by atoms with Crippen molar-refractivity contribution in [3.8, 4) is 23.7 Å². The molecule has 2 aromatic carbocycles. The van der Waals surface area contributed by atoms with Gasteiger partial charge in [0, 0.05) is 17.2 Å². The van der Waals surface area contributed by atoms with Crippen molar-refractivity contribution in [1.29, 1.82) is 5.26 Å². The van der Waals surface area contributed by atoms with E-state index in [1.165, 1.54) is 12.1 Å². The van der Waals surface area contributed by atoms with Crippen LogP contribution < -0.4 is 4.74 Å². The first kappa shape index (κ1) is 14.9. The average Bonchev–Trinajstić information content (AvgIpc) is 2.50. The number of nitriles is 1. The summed E-state index contributed by atoms with van der Waals surface area (Å²) in [6, 6.07) is 13.4. The van der Waals surface area contributed by atoms with Crippen LogP contribution in [0, 0.1) is 29.0 Å². The zero-order valence-electron chi connectivity index (χ0n) is 11.1. The van der Waals surface area contributed by atoms with E-state index in [0.717, 1.165) is 5.56 Å². The molecule has 0 aliphatic carbocycles. The number of benzene rings is 2. The van der Waals surface area contributed by atoms with Crippen molar-refractivity contribution >= 4 is 11.6 Å². The highest BCUT2D eigenvalue weighted by Crippen LogP contribution is 2.18. The minimum absolute atomic E-state index is 0.183. The van der Waals surface area contributed by atoms with Crippen molar-refractivity contribution in [2.24, 2.45) is 0 Å². The smallest absolute Gasteiger partial charge is 0.128 e. The molecule has 21 heavy (non-hydrogen) atoms. The molecule has 2 nitrogen and oxygen atoms in total. The summed E-state index contributed by atoms with van der Waals surface area (Å²) >= 11 is 5.48. The van der Waals surface area contributed by atoms with Gasteiger partial charge in [-0.05, 0) is 18.2 Å². The second kappa shape index (κ2) is 7.33. The summed E-state index contributed by atoms with van der Waals surface area (Å²) in [5.74, 6) is 5.52. The van der Waals surface area contributed by atoms with E-state index in [4.69, 9.17) is 21.6 Å². The Bertz CT molecular complexity index is 740. The molecule has 2 aromatic rings. The molecule has 0 aromatic heterocycles. The number of alkyl halides is 1. The fraction of sp³-hybridized carbons (Fsp3) is 0.118. The van der Waals surface area contributed by atoms with E-state index in [2.05, 4.69) is 17.9 Å². The lowest BCUT2D eigenvalue weighted by atomic mass is 10.1. The topological polar surface area (TPSA) is 33.0 Å². The molecule has 0 atom stereocenters. The highest BCUT2D eigenvalue weighted by Gasteiger charge is 2.04. The minimum Gasteiger partial charge on any atom is -0.489 e. The quantitative estimate of drug-likeness (QED) is 0.637. The summed E-state index contributed by atoms with van der Waals surface area (Å²) in [5.41, 5.74) is 1.79.